The zero-order chi connectivity index (χ0) is 13.9. The van der Waals surface area contributed by atoms with Gasteiger partial charge in [-0.3, -0.25) is 10.1 Å². The molecule has 106 valence electrons. The Balaban J connectivity index is 1.59. The predicted octanol–water partition coefficient (Wildman–Crippen LogP) is 1.63. The minimum absolute atomic E-state index is 0.0426. The molecule has 0 saturated carbocycles. The number of fused-ring (bicyclic) bond motifs is 1. The number of benzene rings is 1. The number of carbonyl (C=O) groups excluding carboxylic acids is 1. The van der Waals surface area contributed by atoms with Gasteiger partial charge in [-0.2, -0.15) is 0 Å². The lowest BCUT2D eigenvalue weighted by Crippen LogP contribution is -2.42. The summed E-state index contributed by atoms with van der Waals surface area (Å²) in [6.45, 7) is 0.561. The summed E-state index contributed by atoms with van der Waals surface area (Å²) in [6, 6.07) is 4.61. The summed E-state index contributed by atoms with van der Waals surface area (Å²) in [5.74, 6) is 1.46. The topological polar surface area (TPSA) is 56.9 Å². The van der Waals surface area contributed by atoms with Gasteiger partial charge in [0.1, 0.15) is 5.82 Å². The molecule has 2 heterocycles. The summed E-state index contributed by atoms with van der Waals surface area (Å²) in [4.78, 5) is 15.0. The van der Waals surface area contributed by atoms with Gasteiger partial charge >= 0.3 is 0 Å². The monoisotopic (exact) mass is 293 g/mol. The van der Waals surface area contributed by atoms with E-state index in [1.807, 2.05) is 6.20 Å². The molecule has 2 aromatic rings. The number of amides is 1. The van der Waals surface area contributed by atoms with Crippen molar-refractivity contribution in [3.63, 3.8) is 0 Å². The van der Waals surface area contributed by atoms with E-state index in [1.54, 1.807) is 17.8 Å². The van der Waals surface area contributed by atoms with Crippen molar-refractivity contribution in [3.8, 4) is 0 Å². The van der Waals surface area contributed by atoms with Crippen LogP contribution >= 0.6 is 11.8 Å². The molecule has 3 N–H and O–H groups in total. The molecule has 1 saturated heterocycles. The number of hydrogen-bond donors (Lipinski definition) is 3. The summed E-state index contributed by atoms with van der Waals surface area (Å²) < 4.78 is 13.3. The van der Waals surface area contributed by atoms with Crippen molar-refractivity contribution in [2.24, 2.45) is 0 Å². The zero-order valence-electron chi connectivity index (χ0n) is 10.9. The molecule has 20 heavy (non-hydrogen) atoms. The highest BCUT2D eigenvalue weighted by Gasteiger charge is 2.21. The zero-order valence-corrected chi connectivity index (χ0v) is 11.7. The molecular formula is C14H16FN3OS. The molecule has 1 aliphatic rings. The van der Waals surface area contributed by atoms with E-state index >= 15 is 0 Å². The highest BCUT2D eigenvalue weighted by atomic mass is 32.2. The van der Waals surface area contributed by atoms with E-state index in [1.165, 1.54) is 12.1 Å². The van der Waals surface area contributed by atoms with Crippen LogP contribution in [0.4, 0.5) is 4.39 Å². The van der Waals surface area contributed by atoms with Crippen LogP contribution in [0.3, 0.4) is 0 Å². The van der Waals surface area contributed by atoms with Crippen molar-refractivity contribution in [2.45, 2.75) is 12.5 Å². The Morgan fingerprint density at radius 1 is 1.50 bits per heavy atom. The molecule has 0 aliphatic carbocycles. The number of H-pyrrole nitrogens is 1. The summed E-state index contributed by atoms with van der Waals surface area (Å²) in [6.07, 6.45) is 2.56. The van der Waals surface area contributed by atoms with Crippen molar-refractivity contribution in [2.75, 3.05) is 18.2 Å². The van der Waals surface area contributed by atoms with Crippen LogP contribution < -0.4 is 10.6 Å². The first-order valence-electron chi connectivity index (χ1n) is 6.58. The van der Waals surface area contributed by atoms with E-state index in [4.69, 9.17) is 0 Å². The van der Waals surface area contributed by atoms with Crippen molar-refractivity contribution < 1.29 is 9.18 Å². The molecule has 0 bridgehead atoms. The molecule has 1 aromatic heterocycles. The van der Waals surface area contributed by atoms with Crippen molar-refractivity contribution in [1.29, 1.82) is 0 Å². The molecule has 1 atom stereocenters. The van der Waals surface area contributed by atoms with Crippen molar-refractivity contribution in [1.82, 2.24) is 15.6 Å². The molecule has 3 rings (SSSR count). The Kier molecular flexibility index (Phi) is 3.93. The van der Waals surface area contributed by atoms with E-state index in [0.717, 1.165) is 28.1 Å². The molecular weight excluding hydrogens is 277 g/mol. The van der Waals surface area contributed by atoms with Crippen molar-refractivity contribution in [3.05, 3.63) is 35.8 Å². The molecule has 1 fully saturated rings. The van der Waals surface area contributed by atoms with Crippen LogP contribution in [0.5, 0.6) is 0 Å². The second-order valence-electron chi connectivity index (χ2n) is 4.82. The molecule has 1 aliphatic heterocycles. The Morgan fingerprint density at radius 2 is 2.40 bits per heavy atom. The fraction of sp³-hybridized carbons (Fsp3) is 0.357. The third-order valence-corrected chi connectivity index (χ3v) is 4.40. The molecule has 1 amide bonds. The van der Waals surface area contributed by atoms with Gasteiger partial charge < -0.3 is 10.3 Å². The lowest BCUT2D eigenvalue weighted by Gasteiger charge is -2.10. The summed E-state index contributed by atoms with van der Waals surface area (Å²) in [5.41, 5.74) is 1.94. The Labute approximate surface area is 120 Å². The molecule has 0 radical (unpaired) electrons. The van der Waals surface area contributed by atoms with Gasteiger partial charge in [-0.15, -0.1) is 11.8 Å². The van der Waals surface area contributed by atoms with E-state index < -0.39 is 0 Å². The standard InChI is InChI=1S/C14H16FN3OS/c15-10-1-2-12-11(5-10)9(6-17-12)3-4-16-14(19)13-7-20-8-18-13/h1-2,5-6,13,17-18H,3-4,7-8H2,(H,16,19). The lowest BCUT2D eigenvalue weighted by atomic mass is 10.1. The maximum atomic E-state index is 13.3. The van der Waals surface area contributed by atoms with E-state index in [0.29, 0.717) is 13.0 Å². The smallest absolute Gasteiger partial charge is 0.238 e. The molecule has 4 nitrogen and oxygen atoms in total. The molecule has 0 spiro atoms. The van der Waals surface area contributed by atoms with Crippen molar-refractivity contribution >= 4 is 28.6 Å². The molecule has 1 aromatic carbocycles. The maximum absolute atomic E-state index is 13.3. The Bertz CT molecular complexity index is 622. The van der Waals surface area contributed by atoms with E-state index in [-0.39, 0.29) is 17.8 Å². The van der Waals surface area contributed by atoms with Gasteiger partial charge in [0.05, 0.1) is 6.04 Å². The normalized spacial score (nSPS) is 18.6. The largest absolute Gasteiger partial charge is 0.361 e. The number of aromatic nitrogens is 1. The number of hydrogen-bond acceptors (Lipinski definition) is 3. The average molecular weight is 293 g/mol. The first-order valence-corrected chi connectivity index (χ1v) is 7.74. The minimum atomic E-state index is -0.241. The predicted molar refractivity (Wildman–Crippen MR) is 79.2 cm³/mol. The van der Waals surface area contributed by atoms with Gasteiger partial charge in [0, 0.05) is 35.3 Å². The van der Waals surface area contributed by atoms with Crippen LogP contribution in [0, 0.1) is 5.82 Å². The van der Waals surface area contributed by atoms with Gasteiger partial charge in [-0.25, -0.2) is 4.39 Å². The number of aromatic amines is 1. The third kappa shape index (κ3) is 2.81. The minimum Gasteiger partial charge on any atom is -0.361 e. The second kappa shape index (κ2) is 5.85. The fourth-order valence-electron chi connectivity index (χ4n) is 2.36. The molecule has 1 unspecified atom stereocenters. The van der Waals surface area contributed by atoms with Gasteiger partial charge in [-0.1, -0.05) is 0 Å². The number of nitrogens with one attached hydrogen (secondary N) is 3. The lowest BCUT2D eigenvalue weighted by molar-refractivity contribution is -0.122. The van der Waals surface area contributed by atoms with Crippen LogP contribution in [-0.4, -0.2) is 35.1 Å². The van der Waals surface area contributed by atoms with Gasteiger partial charge in [0.25, 0.3) is 0 Å². The van der Waals surface area contributed by atoms with Gasteiger partial charge in [0.2, 0.25) is 5.91 Å². The highest BCUT2D eigenvalue weighted by molar-refractivity contribution is 7.99. The van der Waals surface area contributed by atoms with Gasteiger partial charge in [-0.05, 0) is 30.2 Å². The Hall–Kier alpha value is -1.53. The third-order valence-electron chi connectivity index (χ3n) is 3.46. The van der Waals surface area contributed by atoms with E-state index in [9.17, 15) is 9.18 Å². The summed E-state index contributed by atoms with van der Waals surface area (Å²) in [5, 5.41) is 6.94. The SMILES string of the molecule is O=C(NCCc1c[nH]c2ccc(F)cc12)C1CSCN1. The number of halogens is 1. The first-order chi connectivity index (χ1) is 9.74. The first kappa shape index (κ1) is 13.5. The van der Waals surface area contributed by atoms with Gasteiger partial charge in [0.15, 0.2) is 0 Å². The molecule has 6 heteroatoms. The number of carbonyl (C=O) groups is 1. The van der Waals surface area contributed by atoms with E-state index in [2.05, 4.69) is 15.6 Å². The van der Waals surface area contributed by atoms with Crippen LogP contribution in [0.2, 0.25) is 0 Å². The summed E-state index contributed by atoms with van der Waals surface area (Å²) >= 11 is 1.73. The highest BCUT2D eigenvalue weighted by Crippen LogP contribution is 2.19. The van der Waals surface area contributed by atoms with Crippen LogP contribution in [0.25, 0.3) is 10.9 Å². The Morgan fingerprint density at radius 3 is 3.20 bits per heavy atom. The maximum Gasteiger partial charge on any atom is 0.238 e. The van der Waals surface area contributed by atoms with Crippen LogP contribution in [0.1, 0.15) is 5.56 Å². The number of rotatable bonds is 4. The number of thioether (sulfide) groups is 1. The average Bonchev–Trinajstić information content (AvgIpc) is 3.08. The second-order valence-corrected chi connectivity index (χ2v) is 5.85. The van der Waals surface area contributed by atoms with Crippen LogP contribution in [-0.2, 0) is 11.2 Å². The summed E-state index contributed by atoms with van der Waals surface area (Å²) in [7, 11) is 0. The fourth-order valence-corrected chi connectivity index (χ4v) is 3.31. The van der Waals surface area contributed by atoms with Crippen LogP contribution in [0.15, 0.2) is 24.4 Å². The quantitative estimate of drug-likeness (QED) is 0.803.